The highest BCUT2D eigenvalue weighted by Gasteiger charge is 2.40. The molecule has 0 spiro atoms. The largest absolute Gasteiger partial charge is 0.486 e. The number of hydrogen-bond acceptors (Lipinski definition) is 3. The number of rotatable bonds is 4. The Morgan fingerprint density at radius 3 is 2.85 bits per heavy atom. The van der Waals surface area contributed by atoms with E-state index in [1.54, 1.807) is 0 Å². The molecule has 2 aromatic rings. The number of ether oxygens (including phenoxy) is 1. The topological polar surface area (TPSA) is 21.3 Å². The first-order valence-electron chi connectivity index (χ1n) is 7.18. The van der Waals surface area contributed by atoms with Crippen LogP contribution < -0.4 is 10.1 Å². The van der Waals surface area contributed by atoms with E-state index < -0.39 is 0 Å². The van der Waals surface area contributed by atoms with Gasteiger partial charge in [-0.1, -0.05) is 25.1 Å². The van der Waals surface area contributed by atoms with E-state index in [1.165, 1.54) is 16.0 Å². The Labute approximate surface area is 124 Å². The van der Waals surface area contributed by atoms with Crippen LogP contribution in [0.25, 0.3) is 0 Å². The van der Waals surface area contributed by atoms with Gasteiger partial charge in [0.2, 0.25) is 0 Å². The number of thiophene rings is 1. The van der Waals surface area contributed by atoms with Gasteiger partial charge in [0.05, 0.1) is 6.04 Å². The highest BCUT2D eigenvalue weighted by molar-refractivity contribution is 7.10. The standard InChI is InChI=1S/C17H21NOS/c1-4-12-9-10-20-15(12)11-18-16-13-7-5-6-8-14(13)19-17(16,2)3/h5-10,16,18H,4,11H2,1-3H3. The van der Waals surface area contributed by atoms with Crippen molar-refractivity contribution in [1.82, 2.24) is 5.32 Å². The third-order valence-corrected chi connectivity index (χ3v) is 4.95. The van der Waals surface area contributed by atoms with Crippen molar-refractivity contribution in [2.24, 2.45) is 0 Å². The fourth-order valence-corrected chi connectivity index (χ4v) is 3.84. The summed E-state index contributed by atoms with van der Waals surface area (Å²) in [5.41, 5.74) is 2.52. The lowest BCUT2D eigenvalue weighted by Gasteiger charge is -2.27. The van der Waals surface area contributed by atoms with E-state index in [-0.39, 0.29) is 11.6 Å². The van der Waals surface area contributed by atoms with Crippen molar-refractivity contribution in [1.29, 1.82) is 0 Å². The molecule has 1 aliphatic rings. The molecule has 1 aromatic heterocycles. The van der Waals surface area contributed by atoms with Gasteiger partial charge in [-0.05, 0) is 43.3 Å². The molecule has 106 valence electrons. The molecule has 1 unspecified atom stereocenters. The molecule has 2 nitrogen and oxygen atoms in total. The molecule has 3 rings (SSSR count). The Hall–Kier alpha value is -1.32. The second-order valence-electron chi connectivity index (χ2n) is 5.78. The van der Waals surface area contributed by atoms with Gasteiger partial charge in [-0.2, -0.15) is 0 Å². The molecule has 0 aliphatic carbocycles. The maximum Gasteiger partial charge on any atom is 0.125 e. The summed E-state index contributed by atoms with van der Waals surface area (Å²) in [6.45, 7) is 7.43. The lowest BCUT2D eigenvalue weighted by atomic mass is 9.94. The van der Waals surface area contributed by atoms with Crippen LogP contribution in [0.2, 0.25) is 0 Å². The molecule has 2 heterocycles. The van der Waals surface area contributed by atoms with Crippen LogP contribution in [-0.2, 0) is 13.0 Å². The predicted octanol–water partition coefficient (Wildman–Crippen LogP) is 4.31. The molecule has 1 aromatic carbocycles. The van der Waals surface area contributed by atoms with Crippen molar-refractivity contribution < 1.29 is 4.74 Å². The third kappa shape index (κ3) is 2.36. The van der Waals surface area contributed by atoms with Crippen LogP contribution in [0.5, 0.6) is 5.75 Å². The first-order chi connectivity index (χ1) is 9.62. The summed E-state index contributed by atoms with van der Waals surface area (Å²) >= 11 is 1.84. The zero-order valence-corrected chi connectivity index (χ0v) is 13.1. The van der Waals surface area contributed by atoms with Crippen LogP contribution in [0.15, 0.2) is 35.7 Å². The number of nitrogens with one attached hydrogen (secondary N) is 1. The number of para-hydroxylation sites is 1. The van der Waals surface area contributed by atoms with Crippen molar-refractivity contribution in [3.63, 3.8) is 0 Å². The monoisotopic (exact) mass is 287 g/mol. The van der Waals surface area contributed by atoms with Gasteiger partial charge in [-0.15, -0.1) is 11.3 Å². The van der Waals surface area contributed by atoms with Gasteiger partial charge in [0.1, 0.15) is 11.4 Å². The quantitative estimate of drug-likeness (QED) is 0.904. The maximum atomic E-state index is 6.07. The molecule has 3 heteroatoms. The lowest BCUT2D eigenvalue weighted by molar-refractivity contribution is 0.0959. The van der Waals surface area contributed by atoms with Crippen LogP contribution in [0.4, 0.5) is 0 Å². The first kappa shape index (κ1) is 13.7. The van der Waals surface area contributed by atoms with E-state index in [2.05, 4.69) is 55.7 Å². The van der Waals surface area contributed by atoms with Gasteiger partial charge in [-0.25, -0.2) is 0 Å². The molecule has 20 heavy (non-hydrogen) atoms. The normalized spacial score (nSPS) is 19.6. The van der Waals surface area contributed by atoms with Crippen LogP contribution >= 0.6 is 11.3 Å². The minimum atomic E-state index is -0.201. The summed E-state index contributed by atoms with van der Waals surface area (Å²) < 4.78 is 6.07. The molecule has 0 radical (unpaired) electrons. The molecule has 0 saturated carbocycles. The number of benzene rings is 1. The van der Waals surface area contributed by atoms with Crippen LogP contribution in [0.1, 0.15) is 42.8 Å². The molecule has 0 amide bonds. The summed E-state index contributed by atoms with van der Waals surface area (Å²) in [7, 11) is 0. The number of hydrogen-bond donors (Lipinski definition) is 1. The molecule has 1 aliphatic heterocycles. The smallest absolute Gasteiger partial charge is 0.125 e. The summed E-state index contributed by atoms with van der Waals surface area (Å²) in [6.07, 6.45) is 1.10. The highest BCUT2D eigenvalue weighted by atomic mass is 32.1. The third-order valence-electron chi connectivity index (χ3n) is 3.98. The van der Waals surface area contributed by atoms with Crippen molar-refractivity contribution >= 4 is 11.3 Å². The fourth-order valence-electron chi connectivity index (χ4n) is 2.92. The predicted molar refractivity (Wildman–Crippen MR) is 84.4 cm³/mol. The zero-order chi connectivity index (χ0) is 14.2. The molecular weight excluding hydrogens is 266 g/mol. The Balaban J connectivity index is 1.80. The van der Waals surface area contributed by atoms with Crippen molar-refractivity contribution in [2.45, 2.75) is 45.4 Å². The van der Waals surface area contributed by atoms with E-state index in [9.17, 15) is 0 Å². The van der Waals surface area contributed by atoms with Gasteiger partial charge in [0.15, 0.2) is 0 Å². The van der Waals surface area contributed by atoms with Gasteiger partial charge in [0.25, 0.3) is 0 Å². The Bertz CT molecular complexity index is 603. The first-order valence-corrected chi connectivity index (χ1v) is 8.06. The van der Waals surface area contributed by atoms with Crippen LogP contribution in [0, 0.1) is 0 Å². The number of fused-ring (bicyclic) bond motifs is 1. The van der Waals surface area contributed by atoms with Crippen LogP contribution in [0.3, 0.4) is 0 Å². The maximum absolute atomic E-state index is 6.07. The Kier molecular flexibility index (Phi) is 3.57. The molecule has 0 fully saturated rings. The van der Waals surface area contributed by atoms with Crippen LogP contribution in [-0.4, -0.2) is 5.60 Å². The van der Waals surface area contributed by atoms with E-state index >= 15 is 0 Å². The molecule has 0 bridgehead atoms. The minimum Gasteiger partial charge on any atom is -0.486 e. The average molecular weight is 287 g/mol. The van der Waals surface area contributed by atoms with E-state index in [0.29, 0.717) is 0 Å². The van der Waals surface area contributed by atoms with Crippen molar-refractivity contribution in [3.05, 3.63) is 51.7 Å². The SMILES string of the molecule is CCc1ccsc1CNC1c2ccccc2OC1(C)C. The zero-order valence-electron chi connectivity index (χ0n) is 12.3. The highest BCUT2D eigenvalue weighted by Crippen LogP contribution is 2.42. The fraction of sp³-hybridized carbons (Fsp3) is 0.412. The van der Waals surface area contributed by atoms with E-state index in [4.69, 9.17) is 4.74 Å². The van der Waals surface area contributed by atoms with E-state index in [1.807, 2.05) is 17.4 Å². The second kappa shape index (κ2) is 5.23. The minimum absolute atomic E-state index is 0.201. The van der Waals surface area contributed by atoms with Gasteiger partial charge >= 0.3 is 0 Å². The van der Waals surface area contributed by atoms with Gasteiger partial charge in [-0.3, -0.25) is 0 Å². The molecule has 0 saturated heterocycles. The summed E-state index contributed by atoms with van der Waals surface area (Å²) in [4.78, 5) is 1.44. The second-order valence-corrected chi connectivity index (χ2v) is 6.78. The Morgan fingerprint density at radius 2 is 2.05 bits per heavy atom. The molecule has 1 atom stereocenters. The van der Waals surface area contributed by atoms with Crippen molar-refractivity contribution in [2.75, 3.05) is 0 Å². The lowest BCUT2D eigenvalue weighted by Crippen LogP contribution is -2.38. The average Bonchev–Trinajstić information content (AvgIpc) is 2.96. The van der Waals surface area contributed by atoms with Crippen molar-refractivity contribution in [3.8, 4) is 5.75 Å². The van der Waals surface area contributed by atoms with Gasteiger partial charge < -0.3 is 10.1 Å². The Morgan fingerprint density at radius 1 is 1.25 bits per heavy atom. The summed E-state index contributed by atoms with van der Waals surface area (Å²) in [6, 6.07) is 10.8. The summed E-state index contributed by atoms with van der Waals surface area (Å²) in [5, 5.41) is 5.87. The number of aryl methyl sites for hydroxylation is 1. The summed E-state index contributed by atoms with van der Waals surface area (Å²) in [5.74, 6) is 1.01. The molecular formula is C17H21NOS. The molecule has 1 N–H and O–H groups in total. The van der Waals surface area contributed by atoms with Gasteiger partial charge in [0, 0.05) is 17.0 Å². The van der Waals surface area contributed by atoms with E-state index in [0.717, 1.165) is 18.7 Å².